The van der Waals surface area contributed by atoms with Gasteiger partial charge in [-0.3, -0.25) is 0 Å². The maximum atomic E-state index is 8.91. The fourth-order valence-electron chi connectivity index (χ4n) is 1.54. The summed E-state index contributed by atoms with van der Waals surface area (Å²) in [5.74, 6) is 0.823. The molecule has 0 aliphatic carbocycles. The maximum absolute atomic E-state index is 8.91. The van der Waals surface area contributed by atoms with Gasteiger partial charge in [-0.05, 0) is 23.5 Å². The summed E-state index contributed by atoms with van der Waals surface area (Å²) in [6.45, 7) is 8.38. The van der Waals surface area contributed by atoms with Crippen molar-refractivity contribution in [1.29, 1.82) is 5.26 Å². The van der Waals surface area contributed by atoms with Crippen LogP contribution in [0.4, 0.5) is 0 Å². The van der Waals surface area contributed by atoms with Crippen molar-refractivity contribution in [2.45, 2.75) is 45.6 Å². The highest BCUT2D eigenvalue weighted by Crippen LogP contribution is 2.31. The van der Waals surface area contributed by atoms with Crippen LogP contribution in [-0.4, -0.2) is 6.10 Å². The molecular weight excluding hydrogens is 198 g/mol. The van der Waals surface area contributed by atoms with Crippen LogP contribution < -0.4 is 4.74 Å². The molecule has 2 heteroatoms. The van der Waals surface area contributed by atoms with E-state index in [9.17, 15) is 0 Å². The first-order valence-corrected chi connectivity index (χ1v) is 5.64. The summed E-state index contributed by atoms with van der Waals surface area (Å²) in [6.07, 6.45) is 0.345. The minimum absolute atomic E-state index is 0.0321. The molecule has 0 aliphatic rings. The second-order valence-corrected chi connectivity index (χ2v) is 4.89. The van der Waals surface area contributed by atoms with Gasteiger partial charge in [0.05, 0.1) is 0 Å². The number of benzene rings is 1. The molecule has 0 saturated carbocycles. The van der Waals surface area contributed by atoms with E-state index in [2.05, 4.69) is 32.9 Å². The van der Waals surface area contributed by atoms with Crippen LogP contribution >= 0.6 is 0 Å². The number of hydrogen-bond donors (Lipinski definition) is 0. The molecule has 0 aliphatic heterocycles. The summed E-state index contributed by atoms with van der Waals surface area (Å²) in [4.78, 5) is 0. The Hall–Kier alpha value is -1.49. The third kappa shape index (κ3) is 3.00. The van der Waals surface area contributed by atoms with E-state index >= 15 is 0 Å². The van der Waals surface area contributed by atoms with Crippen LogP contribution in [0.15, 0.2) is 24.3 Å². The molecule has 16 heavy (non-hydrogen) atoms. The zero-order chi connectivity index (χ0) is 12.2. The van der Waals surface area contributed by atoms with Gasteiger partial charge in [-0.15, -0.1) is 0 Å². The Balaban J connectivity index is 3.01. The number of nitriles is 1. The molecule has 0 aromatic heterocycles. The van der Waals surface area contributed by atoms with Crippen LogP contribution in [0.5, 0.6) is 5.75 Å². The molecule has 2 nitrogen and oxygen atoms in total. The summed E-state index contributed by atoms with van der Waals surface area (Å²) in [5, 5.41) is 8.91. The lowest BCUT2D eigenvalue weighted by Gasteiger charge is -2.23. The predicted octanol–water partition coefficient (Wildman–Crippen LogP) is 3.67. The lowest BCUT2D eigenvalue weighted by atomic mass is 9.86. The highest BCUT2D eigenvalue weighted by Gasteiger charge is 2.19. The van der Waals surface area contributed by atoms with Crippen molar-refractivity contribution in [2.24, 2.45) is 0 Å². The van der Waals surface area contributed by atoms with Crippen molar-refractivity contribution in [2.75, 3.05) is 0 Å². The number of rotatable bonds is 3. The van der Waals surface area contributed by atoms with E-state index in [4.69, 9.17) is 10.00 Å². The summed E-state index contributed by atoms with van der Waals surface area (Å²) in [7, 11) is 0. The van der Waals surface area contributed by atoms with Gasteiger partial charge in [0.15, 0.2) is 6.10 Å². The standard InChI is InChI=1S/C14H19NO/c1-5-11(10-15)16-13-9-7-6-8-12(13)14(2,3)4/h6-9,11H,5H2,1-4H3. The van der Waals surface area contributed by atoms with Gasteiger partial charge in [-0.2, -0.15) is 5.26 Å². The van der Waals surface area contributed by atoms with Gasteiger partial charge in [0.25, 0.3) is 0 Å². The molecule has 1 atom stereocenters. The SMILES string of the molecule is CCC(C#N)Oc1ccccc1C(C)(C)C. The molecule has 0 amide bonds. The van der Waals surface area contributed by atoms with Crippen LogP contribution in [0, 0.1) is 11.3 Å². The van der Waals surface area contributed by atoms with Crippen molar-refractivity contribution >= 4 is 0 Å². The lowest BCUT2D eigenvalue weighted by molar-refractivity contribution is 0.246. The molecule has 0 fully saturated rings. The van der Waals surface area contributed by atoms with Gasteiger partial charge < -0.3 is 4.74 Å². The highest BCUT2D eigenvalue weighted by atomic mass is 16.5. The van der Waals surface area contributed by atoms with E-state index < -0.39 is 0 Å². The van der Waals surface area contributed by atoms with Gasteiger partial charge in [0, 0.05) is 0 Å². The van der Waals surface area contributed by atoms with Gasteiger partial charge >= 0.3 is 0 Å². The number of ether oxygens (including phenoxy) is 1. The molecule has 0 radical (unpaired) electrons. The molecule has 1 unspecified atom stereocenters. The van der Waals surface area contributed by atoms with E-state index in [-0.39, 0.29) is 11.5 Å². The van der Waals surface area contributed by atoms with Crippen molar-refractivity contribution in [3.8, 4) is 11.8 Å². The largest absolute Gasteiger partial charge is 0.475 e. The third-order valence-electron chi connectivity index (χ3n) is 2.48. The molecule has 0 heterocycles. The number of hydrogen-bond acceptors (Lipinski definition) is 2. The van der Waals surface area contributed by atoms with Gasteiger partial charge in [0.2, 0.25) is 0 Å². The van der Waals surface area contributed by atoms with Crippen LogP contribution in [0.3, 0.4) is 0 Å². The summed E-state index contributed by atoms with van der Waals surface area (Å²) in [6, 6.07) is 10.1. The van der Waals surface area contributed by atoms with Crippen LogP contribution in [0.2, 0.25) is 0 Å². The third-order valence-corrected chi connectivity index (χ3v) is 2.48. The molecule has 0 spiro atoms. The summed E-state index contributed by atoms with van der Waals surface area (Å²) >= 11 is 0. The zero-order valence-electron chi connectivity index (χ0n) is 10.4. The summed E-state index contributed by atoms with van der Waals surface area (Å²) < 4.78 is 5.71. The Morgan fingerprint density at radius 1 is 1.31 bits per heavy atom. The fraction of sp³-hybridized carbons (Fsp3) is 0.500. The Labute approximate surface area is 97.9 Å². The van der Waals surface area contributed by atoms with Gasteiger partial charge in [0.1, 0.15) is 11.8 Å². The average Bonchev–Trinajstić information content (AvgIpc) is 2.25. The molecule has 1 rings (SSSR count). The van der Waals surface area contributed by atoms with E-state index in [1.165, 1.54) is 0 Å². The van der Waals surface area contributed by atoms with Crippen molar-refractivity contribution in [3.05, 3.63) is 29.8 Å². The number of nitrogens with zero attached hydrogens (tertiary/aromatic N) is 1. The second-order valence-electron chi connectivity index (χ2n) is 4.89. The first kappa shape index (κ1) is 12.6. The molecule has 1 aromatic carbocycles. The smallest absolute Gasteiger partial charge is 0.184 e. The molecule has 86 valence electrons. The van der Waals surface area contributed by atoms with Gasteiger partial charge in [-0.1, -0.05) is 45.9 Å². The molecule has 0 saturated heterocycles. The second kappa shape index (κ2) is 5.03. The predicted molar refractivity (Wildman–Crippen MR) is 65.5 cm³/mol. The first-order chi connectivity index (χ1) is 7.49. The molecule has 0 N–H and O–H groups in total. The molecule has 1 aromatic rings. The normalized spacial score (nSPS) is 12.9. The van der Waals surface area contributed by atoms with Crippen LogP contribution in [-0.2, 0) is 5.41 Å². The Morgan fingerprint density at radius 3 is 2.44 bits per heavy atom. The fourth-order valence-corrected chi connectivity index (χ4v) is 1.54. The molecule has 0 bridgehead atoms. The van der Waals surface area contributed by atoms with Crippen LogP contribution in [0.25, 0.3) is 0 Å². The Morgan fingerprint density at radius 2 is 1.94 bits per heavy atom. The van der Waals surface area contributed by atoms with Crippen molar-refractivity contribution in [3.63, 3.8) is 0 Å². The Bertz CT molecular complexity index is 384. The van der Waals surface area contributed by atoms with Crippen molar-refractivity contribution in [1.82, 2.24) is 0 Å². The van der Waals surface area contributed by atoms with E-state index in [1.54, 1.807) is 0 Å². The highest BCUT2D eigenvalue weighted by molar-refractivity contribution is 5.38. The summed E-state index contributed by atoms with van der Waals surface area (Å²) in [5.41, 5.74) is 1.17. The lowest BCUT2D eigenvalue weighted by Crippen LogP contribution is -2.18. The van der Waals surface area contributed by atoms with Crippen molar-refractivity contribution < 1.29 is 4.74 Å². The number of para-hydroxylation sites is 1. The van der Waals surface area contributed by atoms with E-state index in [0.29, 0.717) is 6.42 Å². The first-order valence-electron chi connectivity index (χ1n) is 5.64. The monoisotopic (exact) mass is 217 g/mol. The quantitative estimate of drug-likeness (QED) is 0.774. The topological polar surface area (TPSA) is 33.0 Å². The molecular formula is C14H19NO. The maximum Gasteiger partial charge on any atom is 0.184 e. The van der Waals surface area contributed by atoms with Crippen LogP contribution in [0.1, 0.15) is 39.7 Å². The Kier molecular flexibility index (Phi) is 3.95. The average molecular weight is 217 g/mol. The van der Waals surface area contributed by atoms with E-state index in [1.807, 2.05) is 25.1 Å². The minimum atomic E-state index is -0.358. The zero-order valence-corrected chi connectivity index (χ0v) is 10.4. The van der Waals surface area contributed by atoms with Gasteiger partial charge in [-0.25, -0.2) is 0 Å². The van der Waals surface area contributed by atoms with E-state index in [0.717, 1.165) is 11.3 Å². The minimum Gasteiger partial charge on any atom is -0.475 e.